The van der Waals surface area contributed by atoms with Gasteiger partial charge in [-0.3, -0.25) is 4.57 Å². The monoisotopic (exact) mass is 258 g/mol. The minimum absolute atomic E-state index is 0.357. The van der Waals surface area contributed by atoms with E-state index in [1.807, 2.05) is 25.2 Å². The summed E-state index contributed by atoms with van der Waals surface area (Å²) in [5.41, 5.74) is 4.14. The van der Waals surface area contributed by atoms with Crippen molar-refractivity contribution in [3.05, 3.63) is 40.8 Å². The van der Waals surface area contributed by atoms with Crippen molar-refractivity contribution >= 4 is 11.1 Å². The number of aryl methyl sites for hydroxylation is 1. The number of nitrogens with one attached hydrogen (secondary N) is 2. The fourth-order valence-corrected chi connectivity index (χ4v) is 2.16. The third-order valence-corrected chi connectivity index (χ3v) is 3.14. The van der Waals surface area contributed by atoms with E-state index in [1.54, 1.807) is 13.4 Å². The molecule has 0 saturated carbocycles. The van der Waals surface area contributed by atoms with E-state index in [-0.39, 0.29) is 5.76 Å². The predicted octanol–water partition coefficient (Wildman–Crippen LogP) is 1.24. The largest absolute Gasteiger partial charge is 0.419 e. The van der Waals surface area contributed by atoms with Crippen LogP contribution in [0.4, 0.5) is 0 Å². The Kier molecular flexibility index (Phi) is 2.72. The summed E-state index contributed by atoms with van der Waals surface area (Å²) in [6.45, 7) is 0.701. The number of benzene rings is 1. The summed E-state index contributed by atoms with van der Waals surface area (Å²) in [6.07, 6.45) is 1.66. The molecule has 2 N–H and O–H groups in total. The highest BCUT2D eigenvalue weighted by Crippen LogP contribution is 2.24. The average Bonchev–Trinajstić information content (AvgIpc) is 2.96. The maximum Gasteiger partial charge on any atom is 0.419 e. The zero-order valence-corrected chi connectivity index (χ0v) is 10.7. The number of oxazole rings is 1. The van der Waals surface area contributed by atoms with Gasteiger partial charge in [-0.05, 0) is 19.2 Å². The second-order valence-electron chi connectivity index (χ2n) is 4.37. The third-order valence-electron chi connectivity index (χ3n) is 3.14. The quantitative estimate of drug-likeness (QED) is 0.741. The molecule has 6 heteroatoms. The molecule has 0 radical (unpaired) electrons. The van der Waals surface area contributed by atoms with Gasteiger partial charge in [0.2, 0.25) is 0 Å². The van der Waals surface area contributed by atoms with Gasteiger partial charge in [0, 0.05) is 19.2 Å². The Morgan fingerprint density at radius 3 is 3.11 bits per heavy atom. The highest BCUT2D eigenvalue weighted by Gasteiger charge is 2.11. The maximum atomic E-state index is 11.5. The number of fused-ring (bicyclic) bond motifs is 1. The molecular formula is C13H14N4O2. The topological polar surface area (TPSA) is 75.8 Å². The Morgan fingerprint density at radius 2 is 2.32 bits per heavy atom. The Balaban J connectivity index is 2.15. The molecule has 0 aliphatic carbocycles. The number of hydrogen-bond acceptors (Lipinski definition) is 4. The number of H-pyrrole nitrogens is 1. The fourth-order valence-electron chi connectivity index (χ4n) is 2.16. The molecule has 0 bridgehead atoms. The predicted molar refractivity (Wildman–Crippen MR) is 71.8 cm³/mol. The number of nitrogens with zero attached hydrogens (tertiary/aromatic N) is 2. The lowest BCUT2D eigenvalue weighted by molar-refractivity contribution is 0.528. The van der Waals surface area contributed by atoms with Crippen molar-refractivity contribution in [2.75, 3.05) is 7.05 Å². The summed E-state index contributed by atoms with van der Waals surface area (Å²) in [6, 6.07) is 5.64. The lowest BCUT2D eigenvalue weighted by atomic mass is 10.1. The molecule has 98 valence electrons. The third kappa shape index (κ3) is 1.86. The number of hydrogen-bond donors (Lipinski definition) is 2. The molecule has 0 saturated heterocycles. The molecule has 6 nitrogen and oxygen atoms in total. The molecular weight excluding hydrogens is 244 g/mol. The van der Waals surface area contributed by atoms with Crippen LogP contribution in [0, 0.1) is 0 Å². The number of imidazole rings is 1. The van der Waals surface area contributed by atoms with Crippen molar-refractivity contribution in [1.82, 2.24) is 19.9 Å². The first kappa shape index (κ1) is 11.7. The summed E-state index contributed by atoms with van der Waals surface area (Å²) < 4.78 is 6.68. The van der Waals surface area contributed by atoms with E-state index < -0.39 is 0 Å². The second-order valence-corrected chi connectivity index (χ2v) is 4.37. The van der Waals surface area contributed by atoms with Gasteiger partial charge in [-0.1, -0.05) is 6.07 Å². The summed E-state index contributed by atoms with van der Waals surface area (Å²) in [7, 11) is 3.57. The van der Waals surface area contributed by atoms with E-state index in [0.717, 1.165) is 22.5 Å². The molecule has 0 fully saturated rings. The van der Waals surface area contributed by atoms with Gasteiger partial charge in [0.15, 0.2) is 5.58 Å². The standard InChI is InChI=1S/C13H14N4O2/c1-14-6-9-12(16-7-15-9)8-3-4-10-11(5-8)19-13(18)17(10)2/h3-5,7,14H,6H2,1-2H3,(H,15,16). The van der Waals surface area contributed by atoms with Crippen LogP contribution in [0.15, 0.2) is 33.7 Å². The highest BCUT2D eigenvalue weighted by atomic mass is 16.4. The van der Waals surface area contributed by atoms with Crippen LogP contribution in [0.2, 0.25) is 0 Å². The van der Waals surface area contributed by atoms with E-state index >= 15 is 0 Å². The Hall–Kier alpha value is -2.34. The fraction of sp³-hybridized carbons (Fsp3) is 0.231. The average molecular weight is 258 g/mol. The van der Waals surface area contributed by atoms with Crippen molar-refractivity contribution in [3.63, 3.8) is 0 Å². The van der Waals surface area contributed by atoms with Gasteiger partial charge in [-0.2, -0.15) is 0 Å². The first-order valence-electron chi connectivity index (χ1n) is 5.97. The number of rotatable bonds is 3. The first-order valence-corrected chi connectivity index (χ1v) is 5.97. The van der Waals surface area contributed by atoms with Crippen molar-refractivity contribution in [3.8, 4) is 11.3 Å². The molecule has 2 aromatic heterocycles. The van der Waals surface area contributed by atoms with E-state index in [9.17, 15) is 4.79 Å². The lowest BCUT2D eigenvalue weighted by Crippen LogP contribution is -2.08. The molecule has 1 aromatic carbocycles. The minimum atomic E-state index is -0.357. The SMILES string of the molecule is CNCc1[nH]cnc1-c1ccc2c(c1)oc(=O)n2C. The van der Waals surface area contributed by atoms with E-state index in [1.165, 1.54) is 4.57 Å². The molecule has 0 atom stereocenters. The maximum absolute atomic E-state index is 11.5. The summed E-state index contributed by atoms with van der Waals surface area (Å²) in [5, 5.41) is 3.08. The van der Waals surface area contributed by atoms with Crippen LogP contribution in [0.3, 0.4) is 0 Å². The van der Waals surface area contributed by atoms with Gasteiger partial charge in [-0.15, -0.1) is 0 Å². The summed E-state index contributed by atoms with van der Waals surface area (Å²) >= 11 is 0. The zero-order valence-electron chi connectivity index (χ0n) is 10.7. The van der Waals surface area contributed by atoms with Crippen LogP contribution in [0.1, 0.15) is 5.69 Å². The zero-order chi connectivity index (χ0) is 13.4. The van der Waals surface area contributed by atoms with Crippen molar-refractivity contribution in [2.45, 2.75) is 6.54 Å². The van der Waals surface area contributed by atoms with Gasteiger partial charge in [-0.25, -0.2) is 9.78 Å². The van der Waals surface area contributed by atoms with Crippen LogP contribution in [-0.2, 0) is 13.6 Å². The summed E-state index contributed by atoms with van der Waals surface area (Å²) in [5.74, 6) is -0.357. The van der Waals surface area contributed by atoms with E-state index in [2.05, 4.69) is 15.3 Å². The molecule has 19 heavy (non-hydrogen) atoms. The van der Waals surface area contributed by atoms with Gasteiger partial charge < -0.3 is 14.7 Å². The smallest absolute Gasteiger partial charge is 0.408 e. The van der Waals surface area contributed by atoms with E-state index in [0.29, 0.717) is 12.1 Å². The minimum Gasteiger partial charge on any atom is -0.408 e. The summed E-state index contributed by atoms with van der Waals surface area (Å²) in [4.78, 5) is 18.9. The van der Waals surface area contributed by atoms with Gasteiger partial charge in [0.1, 0.15) is 0 Å². The highest BCUT2D eigenvalue weighted by molar-refractivity contribution is 5.80. The Labute approximate surface area is 109 Å². The van der Waals surface area contributed by atoms with Gasteiger partial charge >= 0.3 is 5.76 Å². The van der Waals surface area contributed by atoms with Crippen molar-refractivity contribution in [2.24, 2.45) is 7.05 Å². The molecule has 0 aliphatic rings. The molecule has 0 unspecified atom stereocenters. The van der Waals surface area contributed by atoms with E-state index in [4.69, 9.17) is 4.42 Å². The lowest BCUT2D eigenvalue weighted by Gasteiger charge is -2.02. The number of aromatic amines is 1. The molecule has 3 rings (SSSR count). The second kappa shape index (κ2) is 4.40. The molecule has 0 aliphatic heterocycles. The van der Waals surface area contributed by atoms with Crippen molar-refractivity contribution < 1.29 is 4.42 Å². The molecule has 0 spiro atoms. The van der Waals surface area contributed by atoms with Crippen LogP contribution in [0.5, 0.6) is 0 Å². The Bertz CT molecular complexity index is 781. The van der Waals surface area contributed by atoms with Gasteiger partial charge in [0.25, 0.3) is 0 Å². The molecule has 0 amide bonds. The van der Waals surface area contributed by atoms with Crippen molar-refractivity contribution in [1.29, 1.82) is 0 Å². The Morgan fingerprint density at radius 1 is 1.47 bits per heavy atom. The first-order chi connectivity index (χ1) is 9.20. The molecule has 3 aromatic rings. The normalized spacial score (nSPS) is 11.3. The van der Waals surface area contributed by atoms with Crippen LogP contribution < -0.4 is 11.1 Å². The van der Waals surface area contributed by atoms with Crippen LogP contribution in [-0.4, -0.2) is 21.6 Å². The van der Waals surface area contributed by atoms with Crippen LogP contribution >= 0.6 is 0 Å². The van der Waals surface area contributed by atoms with Crippen LogP contribution in [0.25, 0.3) is 22.4 Å². The van der Waals surface area contributed by atoms with Gasteiger partial charge in [0.05, 0.1) is 23.2 Å². The molecule has 2 heterocycles. The number of aromatic nitrogens is 3.